The molecule has 0 radical (unpaired) electrons. The Kier molecular flexibility index (Phi) is 4.31. The number of rotatable bonds is 4. The molecular weight excluding hydrogens is 264 g/mol. The van der Waals surface area contributed by atoms with Crippen molar-refractivity contribution in [2.24, 2.45) is 0 Å². The number of para-hydroxylation sites is 2. The number of hydrogen-bond acceptors (Lipinski definition) is 5. The number of nitrogens with zero attached hydrogens (tertiary/aromatic N) is 2. The predicted octanol–water partition coefficient (Wildman–Crippen LogP) is 3.50. The first-order valence-corrected chi connectivity index (χ1v) is 7.04. The summed E-state index contributed by atoms with van der Waals surface area (Å²) < 4.78 is 5.60. The third-order valence-electron chi connectivity index (χ3n) is 2.87. The van der Waals surface area contributed by atoms with Crippen LogP contribution >= 0.6 is 0 Å². The van der Waals surface area contributed by atoms with Gasteiger partial charge in [0, 0.05) is 11.5 Å². The van der Waals surface area contributed by atoms with Crippen LogP contribution in [0.1, 0.15) is 33.5 Å². The van der Waals surface area contributed by atoms with Gasteiger partial charge in [-0.3, -0.25) is 0 Å². The van der Waals surface area contributed by atoms with Crippen molar-refractivity contribution in [3.63, 3.8) is 0 Å². The van der Waals surface area contributed by atoms with E-state index >= 15 is 0 Å². The van der Waals surface area contributed by atoms with Crippen molar-refractivity contribution in [2.45, 2.75) is 33.1 Å². The zero-order valence-corrected chi connectivity index (χ0v) is 13.0. The van der Waals surface area contributed by atoms with E-state index in [-0.39, 0.29) is 5.41 Å². The number of nitrogen functional groups attached to an aromatic ring is 1. The minimum absolute atomic E-state index is 0.161. The first-order chi connectivity index (χ1) is 9.90. The van der Waals surface area contributed by atoms with Gasteiger partial charge in [-0.2, -0.15) is 0 Å². The Morgan fingerprint density at radius 1 is 1.19 bits per heavy atom. The largest absolute Gasteiger partial charge is 0.492 e. The molecule has 1 heterocycles. The maximum Gasteiger partial charge on any atom is 0.142 e. The van der Waals surface area contributed by atoms with E-state index in [1.807, 2.05) is 31.2 Å². The molecule has 5 nitrogen and oxygen atoms in total. The molecule has 0 aliphatic rings. The molecule has 3 N–H and O–H groups in total. The minimum atomic E-state index is -0.161. The van der Waals surface area contributed by atoms with Gasteiger partial charge in [-0.25, -0.2) is 9.97 Å². The summed E-state index contributed by atoms with van der Waals surface area (Å²) in [6.07, 6.45) is 0. The molecule has 0 aliphatic carbocycles. The Balaban J connectivity index is 2.34. The fourth-order valence-electron chi connectivity index (χ4n) is 1.85. The normalized spacial score (nSPS) is 11.2. The fourth-order valence-corrected chi connectivity index (χ4v) is 1.85. The van der Waals surface area contributed by atoms with Crippen molar-refractivity contribution in [1.82, 2.24) is 9.97 Å². The molecule has 0 spiro atoms. The zero-order valence-electron chi connectivity index (χ0n) is 13.0. The molecule has 0 saturated carbocycles. The van der Waals surface area contributed by atoms with Gasteiger partial charge >= 0.3 is 0 Å². The van der Waals surface area contributed by atoms with Crippen LogP contribution in [0.3, 0.4) is 0 Å². The Morgan fingerprint density at radius 2 is 1.90 bits per heavy atom. The van der Waals surface area contributed by atoms with Crippen LogP contribution in [-0.4, -0.2) is 16.6 Å². The van der Waals surface area contributed by atoms with Gasteiger partial charge in [-0.1, -0.05) is 32.9 Å². The van der Waals surface area contributed by atoms with Crippen LogP contribution in [0.4, 0.5) is 17.3 Å². The quantitative estimate of drug-likeness (QED) is 0.900. The number of nitrogens with two attached hydrogens (primary N) is 1. The third kappa shape index (κ3) is 3.84. The van der Waals surface area contributed by atoms with E-state index < -0.39 is 0 Å². The van der Waals surface area contributed by atoms with Crippen LogP contribution in [0, 0.1) is 0 Å². The van der Waals surface area contributed by atoms with Crippen molar-refractivity contribution in [3.8, 4) is 5.75 Å². The van der Waals surface area contributed by atoms with E-state index in [1.165, 1.54) is 0 Å². The van der Waals surface area contributed by atoms with Gasteiger partial charge < -0.3 is 15.8 Å². The summed E-state index contributed by atoms with van der Waals surface area (Å²) in [6.45, 7) is 8.73. The Hall–Kier alpha value is -2.30. The molecule has 112 valence electrons. The summed E-state index contributed by atoms with van der Waals surface area (Å²) >= 11 is 0. The molecule has 1 aromatic heterocycles. The number of anilines is 3. The highest BCUT2D eigenvalue weighted by Crippen LogP contribution is 2.28. The molecular formula is C16H22N4O. The Morgan fingerprint density at radius 3 is 2.57 bits per heavy atom. The highest BCUT2D eigenvalue weighted by Gasteiger charge is 2.19. The standard InChI is InChI=1S/C16H22N4O/c1-5-21-12-9-7-6-8-11(12)18-14-10-13(17)19-15(20-14)16(2,3)4/h6-10H,5H2,1-4H3,(H3,17,18,19,20). The molecule has 0 fully saturated rings. The second-order valence-corrected chi connectivity index (χ2v) is 5.81. The smallest absolute Gasteiger partial charge is 0.142 e. The first kappa shape index (κ1) is 15.1. The fraction of sp³-hybridized carbons (Fsp3) is 0.375. The lowest BCUT2D eigenvalue weighted by Gasteiger charge is -2.18. The molecule has 0 atom stereocenters. The zero-order chi connectivity index (χ0) is 15.5. The lowest BCUT2D eigenvalue weighted by molar-refractivity contribution is 0.342. The van der Waals surface area contributed by atoms with Gasteiger partial charge in [-0.05, 0) is 19.1 Å². The highest BCUT2D eigenvalue weighted by molar-refractivity contribution is 5.65. The summed E-state index contributed by atoms with van der Waals surface area (Å²) in [6, 6.07) is 9.46. The summed E-state index contributed by atoms with van der Waals surface area (Å²) in [5.74, 6) is 2.61. The maximum atomic E-state index is 5.88. The van der Waals surface area contributed by atoms with Crippen LogP contribution in [0.15, 0.2) is 30.3 Å². The van der Waals surface area contributed by atoms with Crippen LogP contribution in [-0.2, 0) is 5.41 Å². The molecule has 0 saturated heterocycles. The number of nitrogens with one attached hydrogen (secondary N) is 1. The highest BCUT2D eigenvalue weighted by atomic mass is 16.5. The molecule has 2 aromatic rings. The van der Waals surface area contributed by atoms with Gasteiger partial charge in [0.05, 0.1) is 12.3 Å². The predicted molar refractivity (Wildman–Crippen MR) is 86.0 cm³/mol. The van der Waals surface area contributed by atoms with Crippen molar-refractivity contribution in [1.29, 1.82) is 0 Å². The van der Waals surface area contributed by atoms with Gasteiger partial charge in [-0.15, -0.1) is 0 Å². The number of ether oxygens (including phenoxy) is 1. The average Bonchev–Trinajstić information content (AvgIpc) is 2.40. The lowest BCUT2D eigenvalue weighted by atomic mass is 9.96. The van der Waals surface area contributed by atoms with Gasteiger partial charge in [0.1, 0.15) is 23.2 Å². The van der Waals surface area contributed by atoms with Gasteiger partial charge in [0.25, 0.3) is 0 Å². The van der Waals surface area contributed by atoms with Crippen molar-refractivity contribution < 1.29 is 4.74 Å². The minimum Gasteiger partial charge on any atom is -0.492 e. The number of benzene rings is 1. The maximum absolute atomic E-state index is 5.88. The first-order valence-electron chi connectivity index (χ1n) is 7.04. The van der Waals surface area contributed by atoms with Crippen LogP contribution in [0.5, 0.6) is 5.75 Å². The van der Waals surface area contributed by atoms with Crippen molar-refractivity contribution >= 4 is 17.3 Å². The molecule has 0 bridgehead atoms. The van der Waals surface area contributed by atoms with Gasteiger partial charge in [0.15, 0.2) is 0 Å². The second-order valence-electron chi connectivity index (χ2n) is 5.81. The van der Waals surface area contributed by atoms with Crippen LogP contribution in [0.2, 0.25) is 0 Å². The van der Waals surface area contributed by atoms with Gasteiger partial charge in [0.2, 0.25) is 0 Å². The number of hydrogen-bond donors (Lipinski definition) is 2. The summed E-state index contributed by atoms with van der Waals surface area (Å²) in [5, 5.41) is 3.25. The van der Waals surface area contributed by atoms with E-state index in [0.29, 0.717) is 24.1 Å². The topological polar surface area (TPSA) is 73.1 Å². The van der Waals surface area contributed by atoms with E-state index in [4.69, 9.17) is 10.5 Å². The Bertz CT molecular complexity index is 620. The summed E-state index contributed by atoms with van der Waals surface area (Å²) in [7, 11) is 0. The number of aromatic nitrogens is 2. The van der Waals surface area contributed by atoms with Crippen LogP contribution in [0.25, 0.3) is 0 Å². The second kappa shape index (κ2) is 5.99. The molecule has 0 unspecified atom stereocenters. The molecule has 21 heavy (non-hydrogen) atoms. The summed E-state index contributed by atoms with van der Waals surface area (Å²) in [4.78, 5) is 8.84. The lowest BCUT2D eigenvalue weighted by Crippen LogP contribution is -2.17. The van der Waals surface area contributed by atoms with Crippen molar-refractivity contribution in [2.75, 3.05) is 17.7 Å². The molecule has 0 amide bonds. The SMILES string of the molecule is CCOc1ccccc1Nc1cc(N)nc(C(C)(C)C)n1. The van der Waals surface area contributed by atoms with E-state index in [0.717, 1.165) is 11.4 Å². The molecule has 5 heteroatoms. The molecule has 0 aliphatic heterocycles. The van der Waals surface area contributed by atoms with Crippen LogP contribution < -0.4 is 15.8 Å². The monoisotopic (exact) mass is 286 g/mol. The average molecular weight is 286 g/mol. The molecule has 1 aromatic carbocycles. The summed E-state index contributed by atoms with van der Waals surface area (Å²) in [5.41, 5.74) is 6.58. The van der Waals surface area contributed by atoms with E-state index in [1.54, 1.807) is 6.07 Å². The van der Waals surface area contributed by atoms with E-state index in [2.05, 4.69) is 36.1 Å². The van der Waals surface area contributed by atoms with Crippen molar-refractivity contribution in [3.05, 3.63) is 36.2 Å². The third-order valence-corrected chi connectivity index (χ3v) is 2.87. The molecule has 2 rings (SSSR count). The Labute approximate surface area is 125 Å². The van der Waals surface area contributed by atoms with E-state index in [9.17, 15) is 0 Å².